The van der Waals surface area contributed by atoms with Gasteiger partial charge in [-0.3, -0.25) is 4.79 Å². The third-order valence-electron chi connectivity index (χ3n) is 2.54. The van der Waals surface area contributed by atoms with Crippen LogP contribution in [0.5, 0.6) is 0 Å². The van der Waals surface area contributed by atoms with E-state index in [1.807, 2.05) is 0 Å². The maximum absolute atomic E-state index is 12.1. The zero-order valence-corrected chi connectivity index (χ0v) is 14.3. The van der Waals surface area contributed by atoms with E-state index in [-0.39, 0.29) is 44.5 Å². The quantitative estimate of drug-likeness (QED) is 0.471. The van der Waals surface area contributed by atoms with Crippen LogP contribution in [0.2, 0.25) is 0 Å². The number of urea groups is 1. The van der Waals surface area contributed by atoms with E-state index in [0.717, 1.165) is 0 Å². The maximum atomic E-state index is 12.1. The second-order valence-corrected chi connectivity index (χ2v) is 4.88. The van der Waals surface area contributed by atoms with E-state index in [4.69, 9.17) is 32.7 Å². The van der Waals surface area contributed by atoms with E-state index >= 15 is 0 Å². The van der Waals surface area contributed by atoms with Crippen LogP contribution in [0.25, 0.3) is 0 Å². The highest BCUT2D eigenvalue weighted by molar-refractivity contribution is 6.18. The standard InChI is InChI=1S/C13H22Cl2N2O5/c1-3-21-11(18)9-10(12(19)22-4-2)16-13(20)17(7-5-14)8-6-15/h10H,3-9H2,1-2H3,(H,16,20)/t10-/m0/s1. The first-order valence-electron chi connectivity index (χ1n) is 6.99. The highest BCUT2D eigenvalue weighted by Gasteiger charge is 2.27. The summed E-state index contributed by atoms with van der Waals surface area (Å²) in [5.74, 6) is -0.832. The number of hydrogen-bond donors (Lipinski definition) is 1. The maximum Gasteiger partial charge on any atom is 0.329 e. The number of amides is 2. The summed E-state index contributed by atoms with van der Waals surface area (Å²) in [6.07, 6.45) is -0.298. The van der Waals surface area contributed by atoms with Gasteiger partial charge in [-0.2, -0.15) is 0 Å². The highest BCUT2D eigenvalue weighted by atomic mass is 35.5. The Kier molecular flexibility index (Phi) is 11.7. The number of nitrogens with one attached hydrogen (secondary N) is 1. The molecule has 9 heteroatoms. The number of carbonyl (C=O) groups is 3. The summed E-state index contributed by atoms with van der Waals surface area (Å²) in [5, 5.41) is 2.45. The molecule has 0 rings (SSSR count). The summed E-state index contributed by atoms with van der Waals surface area (Å²) in [5.41, 5.74) is 0. The van der Waals surface area contributed by atoms with Crippen LogP contribution in [0.1, 0.15) is 20.3 Å². The van der Waals surface area contributed by atoms with Gasteiger partial charge in [-0.25, -0.2) is 9.59 Å². The molecule has 0 unspecified atom stereocenters. The second kappa shape index (κ2) is 12.3. The molecule has 0 heterocycles. The fraction of sp³-hybridized carbons (Fsp3) is 0.769. The molecule has 0 spiro atoms. The third kappa shape index (κ3) is 8.29. The van der Waals surface area contributed by atoms with Gasteiger partial charge in [-0.1, -0.05) is 0 Å². The van der Waals surface area contributed by atoms with Crippen LogP contribution < -0.4 is 5.32 Å². The van der Waals surface area contributed by atoms with E-state index in [1.165, 1.54) is 4.90 Å². The van der Waals surface area contributed by atoms with Crippen LogP contribution in [0.3, 0.4) is 0 Å². The van der Waals surface area contributed by atoms with Crippen molar-refractivity contribution in [1.29, 1.82) is 0 Å². The Hall–Kier alpha value is -1.21. The molecule has 0 saturated heterocycles. The molecule has 7 nitrogen and oxygen atoms in total. The van der Waals surface area contributed by atoms with Crippen LogP contribution >= 0.6 is 23.2 Å². The van der Waals surface area contributed by atoms with Crippen molar-refractivity contribution in [2.24, 2.45) is 0 Å². The van der Waals surface area contributed by atoms with Crippen molar-refractivity contribution in [1.82, 2.24) is 10.2 Å². The summed E-state index contributed by atoms with van der Waals surface area (Å²) >= 11 is 11.2. The monoisotopic (exact) mass is 356 g/mol. The molecule has 0 aliphatic heterocycles. The number of hydrogen-bond acceptors (Lipinski definition) is 5. The van der Waals surface area contributed by atoms with Crippen molar-refractivity contribution in [3.8, 4) is 0 Å². The molecule has 0 fully saturated rings. The van der Waals surface area contributed by atoms with Gasteiger partial charge in [-0.15, -0.1) is 23.2 Å². The molecule has 0 aromatic carbocycles. The number of carbonyl (C=O) groups excluding carboxylic acids is 3. The Morgan fingerprint density at radius 2 is 1.59 bits per heavy atom. The molecule has 0 aromatic rings. The minimum atomic E-state index is -1.11. The molecule has 0 aliphatic carbocycles. The number of esters is 2. The summed E-state index contributed by atoms with van der Waals surface area (Å²) in [6.45, 7) is 4.16. The van der Waals surface area contributed by atoms with Gasteiger partial charge in [0, 0.05) is 24.8 Å². The molecule has 1 N–H and O–H groups in total. The smallest absolute Gasteiger partial charge is 0.329 e. The lowest BCUT2D eigenvalue weighted by Crippen LogP contribution is -2.50. The first kappa shape index (κ1) is 20.8. The molecule has 0 bridgehead atoms. The van der Waals surface area contributed by atoms with Gasteiger partial charge in [-0.05, 0) is 13.8 Å². The molecule has 0 radical (unpaired) electrons. The molecule has 22 heavy (non-hydrogen) atoms. The van der Waals surface area contributed by atoms with Crippen LogP contribution in [-0.4, -0.2) is 67.0 Å². The van der Waals surface area contributed by atoms with Crippen molar-refractivity contribution in [3.05, 3.63) is 0 Å². The molecule has 2 amide bonds. The third-order valence-corrected chi connectivity index (χ3v) is 2.88. The normalized spacial score (nSPS) is 11.5. The first-order valence-corrected chi connectivity index (χ1v) is 8.06. The molecule has 128 valence electrons. The largest absolute Gasteiger partial charge is 0.466 e. The van der Waals surface area contributed by atoms with Crippen LogP contribution in [0.15, 0.2) is 0 Å². The number of ether oxygens (including phenoxy) is 2. The average Bonchev–Trinajstić information content (AvgIpc) is 2.46. The van der Waals surface area contributed by atoms with Crippen LogP contribution in [0.4, 0.5) is 4.79 Å². The van der Waals surface area contributed by atoms with E-state index < -0.39 is 24.0 Å². The van der Waals surface area contributed by atoms with Gasteiger partial charge in [0.2, 0.25) is 0 Å². The van der Waals surface area contributed by atoms with Crippen molar-refractivity contribution in [2.75, 3.05) is 38.1 Å². The van der Waals surface area contributed by atoms with Gasteiger partial charge in [0.25, 0.3) is 0 Å². The zero-order valence-electron chi connectivity index (χ0n) is 12.8. The summed E-state index contributed by atoms with van der Waals surface area (Å²) in [4.78, 5) is 36.8. The van der Waals surface area contributed by atoms with Crippen molar-refractivity contribution < 1.29 is 23.9 Å². The molecule has 0 saturated carbocycles. The lowest BCUT2D eigenvalue weighted by Gasteiger charge is -2.24. The lowest BCUT2D eigenvalue weighted by molar-refractivity contribution is -0.152. The fourth-order valence-electron chi connectivity index (χ4n) is 1.58. The zero-order chi connectivity index (χ0) is 17.0. The molecule has 0 aliphatic rings. The number of rotatable bonds is 10. The minimum absolute atomic E-state index is 0.140. The first-order chi connectivity index (χ1) is 10.5. The Morgan fingerprint density at radius 3 is 2.05 bits per heavy atom. The number of nitrogens with zero attached hydrogens (tertiary/aromatic N) is 1. The number of alkyl halides is 2. The summed E-state index contributed by atoms with van der Waals surface area (Å²) in [6, 6.07) is -1.65. The van der Waals surface area contributed by atoms with Gasteiger partial charge < -0.3 is 19.7 Å². The summed E-state index contributed by atoms with van der Waals surface area (Å²) < 4.78 is 9.64. The van der Waals surface area contributed by atoms with Gasteiger partial charge >= 0.3 is 18.0 Å². The van der Waals surface area contributed by atoms with Crippen molar-refractivity contribution >= 4 is 41.2 Å². The van der Waals surface area contributed by atoms with Crippen molar-refractivity contribution in [3.63, 3.8) is 0 Å². The lowest BCUT2D eigenvalue weighted by atomic mass is 10.2. The molecular weight excluding hydrogens is 335 g/mol. The average molecular weight is 357 g/mol. The van der Waals surface area contributed by atoms with E-state index in [1.54, 1.807) is 13.8 Å². The Balaban J connectivity index is 4.81. The SMILES string of the molecule is CCOC(=O)C[C@H](NC(=O)N(CCCl)CCCl)C(=O)OCC. The Bertz CT molecular complexity index is 362. The summed E-state index contributed by atoms with van der Waals surface area (Å²) in [7, 11) is 0. The van der Waals surface area contributed by atoms with Gasteiger partial charge in [0.1, 0.15) is 6.04 Å². The predicted molar refractivity (Wildman–Crippen MR) is 83.2 cm³/mol. The Morgan fingerprint density at radius 1 is 1.05 bits per heavy atom. The second-order valence-electron chi connectivity index (χ2n) is 4.13. The molecule has 0 aromatic heterocycles. The topological polar surface area (TPSA) is 84.9 Å². The highest BCUT2D eigenvalue weighted by Crippen LogP contribution is 2.02. The Labute approximate surface area is 140 Å². The minimum Gasteiger partial charge on any atom is -0.466 e. The van der Waals surface area contributed by atoms with Crippen molar-refractivity contribution in [2.45, 2.75) is 26.3 Å². The van der Waals surface area contributed by atoms with E-state index in [9.17, 15) is 14.4 Å². The molecular formula is C13H22Cl2N2O5. The molecule has 1 atom stereocenters. The van der Waals surface area contributed by atoms with Crippen LogP contribution in [0, 0.1) is 0 Å². The van der Waals surface area contributed by atoms with Crippen LogP contribution in [-0.2, 0) is 19.1 Å². The van der Waals surface area contributed by atoms with E-state index in [0.29, 0.717) is 0 Å². The number of halogens is 2. The fourth-order valence-corrected chi connectivity index (χ4v) is 1.99. The van der Waals surface area contributed by atoms with E-state index in [2.05, 4.69) is 5.32 Å². The predicted octanol–water partition coefficient (Wildman–Crippen LogP) is 1.36. The van der Waals surface area contributed by atoms with Gasteiger partial charge in [0.05, 0.1) is 19.6 Å². The van der Waals surface area contributed by atoms with Gasteiger partial charge in [0.15, 0.2) is 0 Å².